The lowest BCUT2D eigenvalue weighted by atomic mass is 9.85. The van der Waals surface area contributed by atoms with Gasteiger partial charge in [0.15, 0.2) is 0 Å². The highest BCUT2D eigenvalue weighted by molar-refractivity contribution is 7.13. The third-order valence-electron chi connectivity index (χ3n) is 3.54. The summed E-state index contributed by atoms with van der Waals surface area (Å²) in [5.41, 5.74) is 8.55. The first-order valence-corrected chi connectivity index (χ1v) is 7.34. The van der Waals surface area contributed by atoms with Crippen molar-refractivity contribution in [3.8, 4) is 11.1 Å². The molecule has 0 radical (unpaired) electrons. The van der Waals surface area contributed by atoms with E-state index >= 15 is 0 Å². The summed E-state index contributed by atoms with van der Waals surface area (Å²) < 4.78 is 0. The predicted molar refractivity (Wildman–Crippen MR) is 89.0 cm³/mol. The summed E-state index contributed by atoms with van der Waals surface area (Å²) in [6.07, 6.45) is 0. The Bertz CT molecular complexity index is 480. The van der Waals surface area contributed by atoms with Crippen LogP contribution >= 0.6 is 9.39 Å². The van der Waals surface area contributed by atoms with Crippen LogP contribution < -0.4 is 5.50 Å². The summed E-state index contributed by atoms with van der Waals surface area (Å²) in [6, 6.07) is 19.4. The Balaban J connectivity index is 0.000000861. The third-order valence-corrected chi connectivity index (χ3v) is 3.54. The number of rotatable bonds is 3. The zero-order valence-corrected chi connectivity index (χ0v) is 13.2. The molecule has 102 valence electrons. The van der Waals surface area contributed by atoms with Crippen molar-refractivity contribution in [2.45, 2.75) is 26.7 Å². The monoisotopic (exact) mass is 273 g/mol. The van der Waals surface area contributed by atoms with Crippen molar-refractivity contribution < 1.29 is 0 Å². The molecule has 0 amide bonds. The maximum absolute atomic E-state index is 4.42. The lowest BCUT2D eigenvalue weighted by Gasteiger charge is -2.19. The average molecular weight is 273 g/mol. The van der Waals surface area contributed by atoms with E-state index in [1.54, 1.807) is 0 Å². The first-order valence-electron chi connectivity index (χ1n) is 6.68. The predicted octanol–water partition coefficient (Wildman–Crippen LogP) is 4.85. The Hall–Kier alpha value is -1.17. The van der Waals surface area contributed by atoms with Gasteiger partial charge in [0.1, 0.15) is 0 Å². The van der Waals surface area contributed by atoms with Gasteiger partial charge in [-0.15, -0.1) is 0 Å². The minimum Gasteiger partial charge on any atom is -0.314 e. The van der Waals surface area contributed by atoms with Crippen LogP contribution in [0.15, 0.2) is 54.6 Å². The zero-order chi connectivity index (χ0) is 14.3. The molecule has 2 heteroatoms. The lowest BCUT2D eigenvalue weighted by molar-refractivity contribution is 0.536. The summed E-state index contributed by atoms with van der Waals surface area (Å²) in [6.45, 7) is 6.88. The van der Waals surface area contributed by atoms with E-state index in [-0.39, 0.29) is 0 Å². The second-order valence-electron chi connectivity index (χ2n) is 4.99. The van der Waals surface area contributed by atoms with Crippen molar-refractivity contribution in [3.05, 3.63) is 60.2 Å². The highest BCUT2D eigenvalue weighted by Crippen LogP contribution is 2.32. The van der Waals surface area contributed by atoms with Crippen LogP contribution in [0.5, 0.6) is 0 Å². The van der Waals surface area contributed by atoms with E-state index in [1.165, 1.54) is 16.7 Å². The Morgan fingerprint density at radius 2 is 1.32 bits per heavy atom. The van der Waals surface area contributed by atoms with Crippen LogP contribution in [0.25, 0.3) is 11.1 Å². The molecule has 0 spiro atoms. The van der Waals surface area contributed by atoms with Crippen molar-refractivity contribution in [1.29, 1.82) is 0 Å². The van der Waals surface area contributed by atoms with Crippen molar-refractivity contribution >= 4 is 9.39 Å². The van der Waals surface area contributed by atoms with Gasteiger partial charge in [-0.3, -0.25) is 0 Å². The molecule has 0 aliphatic heterocycles. The van der Waals surface area contributed by atoms with Gasteiger partial charge in [0.2, 0.25) is 0 Å². The SMILES string of the molecule is CC(C)C(C)c1ccccc1-c1ccccc1.NP. The molecule has 2 rings (SSSR count). The molecule has 0 heterocycles. The van der Waals surface area contributed by atoms with E-state index in [9.17, 15) is 0 Å². The molecule has 2 unspecified atom stereocenters. The maximum Gasteiger partial charge on any atom is -0.0149 e. The summed E-state index contributed by atoms with van der Waals surface area (Å²) in [5, 5.41) is 0. The van der Waals surface area contributed by atoms with Gasteiger partial charge in [0.05, 0.1) is 0 Å². The fourth-order valence-electron chi connectivity index (χ4n) is 2.13. The highest BCUT2D eigenvalue weighted by atomic mass is 31.0. The second-order valence-corrected chi connectivity index (χ2v) is 4.99. The molecule has 2 aromatic carbocycles. The summed E-state index contributed by atoms with van der Waals surface area (Å²) >= 11 is 0. The van der Waals surface area contributed by atoms with E-state index in [0.29, 0.717) is 11.8 Å². The van der Waals surface area contributed by atoms with E-state index in [2.05, 4.69) is 80.9 Å². The average Bonchev–Trinajstić information content (AvgIpc) is 2.49. The van der Waals surface area contributed by atoms with Gasteiger partial charge in [0.25, 0.3) is 0 Å². The van der Waals surface area contributed by atoms with Crippen molar-refractivity contribution in [2.75, 3.05) is 0 Å². The minimum absolute atomic E-state index is 0.589. The molecule has 2 aromatic rings. The molecule has 2 N–H and O–H groups in total. The standard InChI is InChI=1S/C17H20.H4NP/c1-13(2)14(3)16-11-7-8-12-17(16)15-9-5-4-6-10-15;1-2/h4-14H,1-3H3;1-2H2. The normalized spacial score (nSPS) is 11.7. The molecule has 0 aromatic heterocycles. The molecule has 0 saturated carbocycles. The largest absolute Gasteiger partial charge is 0.314 e. The Labute approximate surface area is 119 Å². The first kappa shape index (κ1) is 15.9. The molecular weight excluding hydrogens is 249 g/mol. The van der Waals surface area contributed by atoms with E-state index in [0.717, 1.165) is 0 Å². The molecule has 1 nitrogen and oxygen atoms in total. The van der Waals surface area contributed by atoms with Gasteiger partial charge >= 0.3 is 0 Å². The summed E-state index contributed by atoms with van der Waals surface area (Å²) in [7, 11) is 1.92. The quantitative estimate of drug-likeness (QED) is 0.795. The molecule has 0 bridgehead atoms. The minimum atomic E-state index is 0.589. The zero-order valence-electron chi connectivity index (χ0n) is 12.0. The van der Waals surface area contributed by atoms with E-state index < -0.39 is 0 Å². The van der Waals surface area contributed by atoms with Crippen LogP contribution in [0.4, 0.5) is 0 Å². The van der Waals surface area contributed by atoms with Gasteiger partial charge in [-0.1, -0.05) is 84.8 Å². The van der Waals surface area contributed by atoms with Crippen molar-refractivity contribution in [1.82, 2.24) is 0 Å². The molecule has 19 heavy (non-hydrogen) atoms. The fraction of sp³-hybridized carbons (Fsp3) is 0.294. The highest BCUT2D eigenvalue weighted by Gasteiger charge is 2.14. The van der Waals surface area contributed by atoms with Gasteiger partial charge in [0, 0.05) is 0 Å². The number of hydrogen-bond donors (Lipinski definition) is 1. The fourth-order valence-corrected chi connectivity index (χ4v) is 2.13. The number of hydrogen-bond acceptors (Lipinski definition) is 1. The van der Waals surface area contributed by atoms with Gasteiger partial charge in [-0.2, -0.15) is 0 Å². The van der Waals surface area contributed by atoms with Crippen LogP contribution in [-0.4, -0.2) is 0 Å². The van der Waals surface area contributed by atoms with Gasteiger partial charge in [-0.05, 0) is 28.5 Å². The molecule has 0 fully saturated rings. The summed E-state index contributed by atoms with van der Waals surface area (Å²) in [5.74, 6) is 1.26. The molecule has 0 aliphatic rings. The Kier molecular flexibility index (Phi) is 6.77. The third kappa shape index (κ3) is 4.16. The second kappa shape index (κ2) is 8.09. The van der Waals surface area contributed by atoms with E-state index in [4.69, 9.17) is 0 Å². The van der Waals surface area contributed by atoms with E-state index in [1.807, 2.05) is 9.39 Å². The van der Waals surface area contributed by atoms with Gasteiger partial charge < -0.3 is 5.50 Å². The van der Waals surface area contributed by atoms with Crippen LogP contribution in [0.2, 0.25) is 0 Å². The molecule has 2 atom stereocenters. The van der Waals surface area contributed by atoms with Crippen LogP contribution in [0.3, 0.4) is 0 Å². The lowest BCUT2D eigenvalue weighted by Crippen LogP contribution is -2.03. The molecule has 0 aliphatic carbocycles. The number of nitrogens with two attached hydrogens (primary N) is 1. The Morgan fingerprint density at radius 3 is 1.89 bits per heavy atom. The van der Waals surface area contributed by atoms with Crippen LogP contribution in [-0.2, 0) is 0 Å². The van der Waals surface area contributed by atoms with Crippen LogP contribution in [0.1, 0.15) is 32.3 Å². The molecule has 0 saturated heterocycles. The van der Waals surface area contributed by atoms with Gasteiger partial charge in [-0.25, -0.2) is 0 Å². The maximum atomic E-state index is 4.42. The van der Waals surface area contributed by atoms with Crippen molar-refractivity contribution in [2.24, 2.45) is 11.4 Å². The first-order chi connectivity index (χ1) is 9.20. The van der Waals surface area contributed by atoms with Crippen LogP contribution in [0, 0.1) is 5.92 Å². The summed E-state index contributed by atoms with van der Waals surface area (Å²) in [4.78, 5) is 0. The molecular formula is C17H24NP. The number of benzene rings is 2. The topological polar surface area (TPSA) is 26.0 Å². The smallest absolute Gasteiger partial charge is 0.0149 e. The Morgan fingerprint density at radius 1 is 0.789 bits per heavy atom. The van der Waals surface area contributed by atoms with Crippen molar-refractivity contribution in [3.63, 3.8) is 0 Å².